The van der Waals surface area contributed by atoms with Crippen molar-refractivity contribution in [1.82, 2.24) is 0 Å². The lowest BCUT2D eigenvalue weighted by atomic mass is 9.41. The Kier molecular flexibility index (Phi) is 6.98. The fourth-order valence-corrected chi connectivity index (χ4v) is 12.9. The van der Waals surface area contributed by atoms with E-state index in [-0.39, 0.29) is 63.8 Å². The Bertz CT molecular complexity index is 1110. The largest absolute Gasteiger partial charge is 0.393 e. The van der Waals surface area contributed by atoms with E-state index in [9.17, 15) is 30.6 Å². The first kappa shape index (κ1) is 31.3. The second-order valence-electron chi connectivity index (χ2n) is 17.6. The van der Waals surface area contributed by atoms with Crippen molar-refractivity contribution in [1.29, 1.82) is 0 Å². The van der Waals surface area contributed by atoms with Crippen LogP contribution in [0.1, 0.15) is 99.3 Å². The van der Waals surface area contributed by atoms with Gasteiger partial charge in [0.05, 0.1) is 42.7 Å². The van der Waals surface area contributed by atoms with Crippen LogP contribution in [-0.2, 0) is 14.2 Å². The molecule has 5 saturated carbocycles. The Balaban J connectivity index is 1.14. The summed E-state index contributed by atoms with van der Waals surface area (Å²) in [5.41, 5.74) is -1.39. The molecular weight excluding hydrogens is 552 g/mol. The zero-order valence-corrected chi connectivity index (χ0v) is 26.9. The average molecular weight is 609 g/mol. The summed E-state index contributed by atoms with van der Waals surface area (Å²) in [6, 6.07) is 0. The molecule has 16 atom stereocenters. The van der Waals surface area contributed by atoms with Gasteiger partial charge in [-0.2, -0.15) is 0 Å². The Morgan fingerprint density at radius 2 is 1.51 bits per heavy atom. The van der Waals surface area contributed by atoms with Crippen molar-refractivity contribution in [3.05, 3.63) is 0 Å². The molecule has 0 radical (unpaired) electrons. The fourth-order valence-electron chi connectivity index (χ4n) is 12.9. The zero-order chi connectivity index (χ0) is 31.1. The Labute approximate surface area is 256 Å². The summed E-state index contributed by atoms with van der Waals surface area (Å²) in [5.74, 6) is 0.361. The van der Waals surface area contributed by atoms with Crippen molar-refractivity contribution in [2.75, 3.05) is 6.61 Å². The maximum absolute atomic E-state index is 12.1. The minimum Gasteiger partial charge on any atom is -0.393 e. The maximum atomic E-state index is 12.1. The lowest BCUT2D eigenvalue weighted by Crippen LogP contribution is -2.63. The van der Waals surface area contributed by atoms with Gasteiger partial charge in [0.1, 0.15) is 18.3 Å². The molecule has 2 spiro atoms. The van der Waals surface area contributed by atoms with Crippen LogP contribution in [0.15, 0.2) is 0 Å². The topological polar surface area (TPSA) is 149 Å². The van der Waals surface area contributed by atoms with Gasteiger partial charge >= 0.3 is 0 Å². The lowest BCUT2D eigenvalue weighted by molar-refractivity contribution is -0.306. The third kappa shape index (κ3) is 4.02. The van der Waals surface area contributed by atoms with E-state index in [0.29, 0.717) is 12.3 Å². The first-order valence-electron chi connectivity index (χ1n) is 17.0. The summed E-state index contributed by atoms with van der Waals surface area (Å²) in [7, 11) is 0. The smallest absolute Gasteiger partial charge is 0.186 e. The first-order chi connectivity index (χ1) is 19.9. The second-order valence-corrected chi connectivity index (χ2v) is 17.6. The minimum atomic E-state index is -1.33. The van der Waals surface area contributed by atoms with Gasteiger partial charge < -0.3 is 44.8 Å². The lowest BCUT2D eigenvalue weighted by Gasteiger charge is -2.64. The van der Waals surface area contributed by atoms with Crippen molar-refractivity contribution < 1.29 is 44.8 Å². The van der Waals surface area contributed by atoms with Crippen molar-refractivity contribution in [2.24, 2.45) is 44.8 Å². The minimum absolute atomic E-state index is 0.0168. The van der Waals surface area contributed by atoms with Crippen LogP contribution in [-0.4, -0.2) is 98.0 Å². The van der Waals surface area contributed by atoms with E-state index in [1.165, 1.54) is 0 Å². The number of aliphatic hydroxyl groups excluding tert-OH is 5. The molecule has 7 aliphatic rings. The van der Waals surface area contributed by atoms with Gasteiger partial charge in [0, 0.05) is 5.92 Å². The third-order valence-corrected chi connectivity index (χ3v) is 15.0. The summed E-state index contributed by atoms with van der Waals surface area (Å²) < 4.78 is 18.5. The number of hydrogen-bond donors (Lipinski definition) is 6. The number of fused-ring (bicyclic) bond motifs is 2. The van der Waals surface area contributed by atoms with Gasteiger partial charge in [-0.05, 0) is 111 Å². The summed E-state index contributed by atoms with van der Waals surface area (Å²) >= 11 is 0. The molecule has 5 aliphatic carbocycles. The number of aliphatic hydroxyl groups is 6. The van der Waals surface area contributed by atoms with Crippen LogP contribution >= 0.6 is 0 Å². The molecule has 9 nitrogen and oxygen atoms in total. The third-order valence-electron chi connectivity index (χ3n) is 15.0. The highest BCUT2D eigenvalue weighted by atomic mass is 16.7. The van der Waals surface area contributed by atoms with Crippen LogP contribution < -0.4 is 0 Å². The molecule has 0 unspecified atom stereocenters. The van der Waals surface area contributed by atoms with Crippen molar-refractivity contribution in [3.63, 3.8) is 0 Å². The van der Waals surface area contributed by atoms with Gasteiger partial charge in [0.15, 0.2) is 6.29 Å². The molecule has 0 amide bonds. The molecule has 0 aromatic rings. The summed E-state index contributed by atoms with van der Waals surface area (Å²) in [6.07, 6.45) is 1.71. The van der Waals surface area contributed by atoms with Gasteiger partial charge in [-0.15, -0.1) is 0 Å². The van der Waals surface area contributed by atoms with E-state index >= 15 is 0 Å². The maximum Gasteiger partial charge on any atom is 0.186 e. The van der Waals surface area contributed by atoms with Crippen LogP contribution in [0, 0.1) is 44.8 Å². The van der Waals surface area contributed by atoms with Crippen LogP contribution in [0.3, 0.4) is 0 Å². The Morgan fingerprint density at radius 1 is 0.791 bits per heavy atom. The molecular formula is C34H56O9. The molecule has 6 N–H and O–H groups in total. The van der Waals surface area contributed by atoms with E-state index in [4.69, 9.17) is 14.2 Å². The molecule has 7 rings (SSSR count). The van der Waals surface area contributed by atoms with E-state index in [1.807, 2.05) is 13.8 Å². The van der Waals surface area contributed by atoms with Crippen molar-refractivity contribution >= 4 is 0 Å². The molecule has 2 saturated heterocycles. The van der Waals surface area contributed by atoms with E-state index in [1.54, 1.807) is 0 Å². The number of hydrogen-bond acceptors (Lipinski definition) is 9. The van der Waals surface area contributed by atoms with Gasteiger partial charge in [-0.3, -0.25) is 0 Å². The molecule has 0 bridgehead atoms. The highest BCUT2D eigenvalue weighted by molar-refractivity contribution is 5.32. The Morgan fingerprint density at radius 3 is 2.19 bits per heavy atom. The van der Waals surface area contributed by atoms with Crippen molar-refractivity contribution in [2.45, 2.75) is 160 Å². The predicted molar refractivity (Wildman–Crippen MR) is 156 cm³/mol. The van der Waals surface area contributed by atoms with E-state index in [2.05, 4.69) is 27.7 Å². The molecule has 0 aromatic carbocycles. The molecule has 43 heavy (non-hydrogen) atoms. The number of ether oxygens (including phenoxy) is 3. The molecule has 7 fully saturated rings. The van der Waals surface area contributed by atoms with Gasteiger partial charge in [-0.25, -0.2) is 0 Å². The van der Waals surface area contributed by atoms with Crippen LogP contribution in [0.5, 0.6) is 0 Å². The molecule has 246 valence electrons. The van der Waals surface area contributed by atoms with Gasteiger partial charge in [-0.1, -0.05) is 27.7 Å². The van der Waals surface area contributed by atoms with Gasteiger partial charge in [0.2, 0.25) is 0 Å². The zero-order valence-electron chi connectivity index (χ0n) is 26.9. The van der Waals surface area contributed by atoms with Crippen LogP contribution in [0.2, 0.25) is 0 Å². The quantitative estimate of drug-likeness (QED) is 0.265. The Hall–Kier alpha value is -0.360. The predicted octanol–water partition coefficient (Wildman–Crippen LogP) is 2.51. The molecule has 2 aliphatic heterocycles. The highest BCUT2D eigenvalue weighted by Crippen LogP contribution is 2.89. The molecule has 2 heterocycles. The van der Waals surface area contributed by atoms with Gasteiger partial charge in [0.25, 0.3) is 0 Å². The van der Waals surface area contributed by atoms with E-state index in [0.717, 1.165) is 51.4 Å². The number of rotatable bonds is 4. The SMILES string of the molecule is CC(C)(O)[C@@H]1CC[C@H]([C@H]2[C@@H](O)C[C@@]3(C)[C@@H]4C[C@H](O)[C@H]5C(C)(C)[C@@H](O[C@@H]6OC[C@@H](O)[C@H](O)[C@H]6O)CC[C@@]56C[C@@]46CC[C@]23C)O1. The average Bonchev–Trinajstić information content (AvgIpc) is 3.17. The standard InChI is InChI=1S/C34H56O9/c1-29(2)22(43-28-26(39)25(38)19(37)15-41-28)9-10-34-16-33(34)12-11-31(5)24(20-7-8-23(42-20)30(3,4)40)18(36)14-32(31,6)21(33)13-17(35)27(29)34/h17-28,35-40H,7-16H2,1-6H3/t17-,18-,19+,20+,21-,22-,23-,24+,25-,26+,27-,28-,31+,32-,33-,34+/m0/s1. The summed E-state index contributed by atoms with van der Waals surface area (Å²) in [4.78, 5) is 0. The monoisotopic (exact) mass is 608 g/mol. The normalized spacial score (nSPS) is 59.2. The summed E-state index contributed by atoms with van der Waals surface area (Å²) in [5, 5.41) is 65.1. The van der Waals surface area contributed by atoms with Crippen LogP contribution in [0.4, 0.5) is 0 Å². The molecule has 9 heteroatoms. The molecule has 0 aromatic heterocycles. The van der Waals surface area contributed by atoms with E-state index < -0.39 is 42.4 Å². The van der Waals surface area contributed by atoms with Crippen molar-refractivity contribution in [3.8, 4) is 0 Å². The van der Waals surface area contributed by atoms with Crippen LogP contribution in [0.25, 0.3) is 0 Å². The first-order valence-corrected chi connectivity index (χ1v) is 17.0. The summed E-state index contributed by atoms with van der Waals surface area (Å²) in [6.45, 7) is 12.7. The fraction of sp³-hybridized carbons (Fsp3) is 1.00. The second kappa shape index (κ2) is 9.60. The highest BCUT2D eigenvalue weighted by Gasteiger charge is 2.84.